The van der Waals surface area contributed by atoms with E-state index in [-0.39, 0.29) is 6.42 Å². The smallest absolute Gasteiger partial charge is 0.213 e. The number of pyridine rings is 1. The van der Waals surface area contributed by atoms with Gasteiger partial charge in [0.05, 0.1) is 6.26 Å². The molecule has 2 aromatic rings. The highest BCUT2D eigenvalue weighted by atomic mass is 19.1. The van der Waals surface area contributed by atoms with Gasteiger partial charge in [0.1, 0.15) is 11.9 Å². The Morgan fingerprint density at radius 3 is 2.87 bits per heavy atom. The molecule has 0 spiro atoms. The zero-order valence-electron chi connectivity index (χ0n) is 7.93. The molecule has 0 aliphatic carbocycles. The van der Waals surface area contributed by atoms with Gasteiger partial charge in [-0.2, -0.15) is 4.39 Å². The fraction of sp³-hybridized carbons (Fsp3) is 0.182. The molecule has 0 saturated heterocycles. The monoisotopic (exact) mass is 207 g/mol. The number of aliphatic hydroxyl groups is 1. The molecule has 2 heterocycles. The molecule has 1 N–H and O–H groups in total. The summed E-state index contributed by atoms with van der Waals surface area (Å²) in [5.74, 6) is -0.0831. The quantitative estimate of drug-likeness (QED) is 0.784. The van der Waals surface area contributed by atoms with E-state index in [0.29, 0.717) is 11.5 Å². The Morgan fingerprint density at radius 1 is 1.33 bits per heavy atom. The molecule has 0 radical (unpaired) electrons. The highest BCUT2D eigenvalue weighted by molar-refractivity contribution is 5.10. The zero-order chi connectivity index (χ0) is 10.7. The molecule has 4 heteroatoms. The predicted octanol–water partition coefficient (Wildman–Crippen LogP) is 2.09. The number of hydrogen-bond acceptors (Lipinski definition) is 3. The third-order valence-electron chi connectivity index (χ3n) is 2.05. The molecule has 0 bridgehead atoms. The van der Waals surface area contributed by atoms with Gasteiger partial charge in [0, 0.05) is 12.1 Å². The van der Waals surface area contributed by atoms with Crippen LogP contribution in [-0.4, -0.2) is 10.1 Å². The van der Waals surface area contributed by atoms with Crippen LogP contribution in [0.25, 0.3) is 0 Å². The van der Waals surface area contributed by atoms with Crippen molar-refractivity contribution < 1.29 is 13.9 Å². The van der Waals surface area contributed by atoms with Gasteiger partial charge in [-0.15, -0.1) is 0 Å². The summed E-state index contributed by atoms with van der Waals surface area (Å²) in [5, 5.41) is 9.70. The molecule has 1 unspecified atom stereocenters. The van der Waals surface area contributed by atoms with Gasteiger partial charge in [0.15, 0.2) is 0 Å². The number of aliphatic hydroxyl groups excluding tert-OH is 1. The third kappa shape index (κ3) is 2.41. The van der Waals surface area contributed by atoms with Gasteiger partial charge >= 0.3 is 0 Å². The van der Waals surface area contributed by atoms with Crippen molar-refractivity contribution in [3.8, 4) is 0 Å². The Kier molecular flexibility index (Phi) is 2.78. The first-order chi connectivity index (χ1) is 7.25. The standard InChI is InChI=1S/C11H10FNO2/c12-11-5-1-3-8(13-11)7-9(14)10-4-2-6-15-10/h1-6,9,14H,7H2. The van der Waals surface area contributed by atoms with E-state index >= 15 is 0 Å². The van der Waals surface area contributed by atoms with Gasteiger partial charge in [-0.25, -0.2) is 4.98 Å². The normalized spacial score (nSPS) is 12.7. The molecular formula is C11H10FNO2. The summed E-state index contributed by atoms with van der Waals surface area (Å²) < 4.78 is 17.8. The Labute approximate surface area is 86.2 Å². The molecule has 0 saturated carbocycles. The Morgan fingerprint density at radius 2 is 2.20 bits per heavy atom. The van der Waals surface area contributed by atoms with Crippen LogP contribution < -0.4 is 0 Å². The first-order valence-corrected chi connectivity index (χ1v) is 4.58. The first kappa shape index (κ1) is 9.86. The van der Waals surface area contributed by atoms with Gasteiger partial charge in [-0.3, -0.25) is 0 Å². The maximum atomic E-state index is 12.7. The summed E-state index contributed by atoms with van der Waals surface area (Å²) in [4.78, 5) is 3.65. The second-order valence-electron chi connectivity index (χ2n) is 3.19. The lowest BCUT2D eigenvalue weighted by molar-refractivity contribution is 0.149. The van der Waals surface area contributed by atoms with Crippen molar-refractivity contribution in [2.45, 2.75) is 12.5 Å². The lowest BCUT2D eigenvalue weighted by atomic mass is 10.1. The summed E-state index contributed by atoms with van der Waals surface area (Å²) in [6.07, 6.45) is 0.942. The van der Waals surface area contributed by atoms with Crippen molar-refractivity contribution in [3.63, 3.8) is 0 Å². The largest absolute Gasteiger partial charge is 0.467 e. The van der Waals surface area contributed by atoms with E-state index in [2.05, 4.69) is 4.98 Å². The topological polar surface area (TPSA) is 46.3 Å². The Bertz CT molecular complexity index is 428. The molecule has 1 atom stereocenters. The molecule has 78 valence electrons. The van der Waals surface area contributed by atoms with E-state index in [4.69, 9.17) is 4.42 Å². The number of halogens is 1. The van der Waals surface area contributed by atoms with Crippen LogP contribution in [0.1, 0.15) is 17.6 Å². The summed E-state index contributed by atoms with van der Waals surface area (Å²) in [7, 11) is 0. The first-order valence-electron chi connectivity index (χ1n) is 4.58. The van der Waals surface area contributed by atoms with E-state index in [1.54, 1.807) is 24.3 Å². The second kappa shape index (κ2) is 4.23. The zero-order valence-corrected chi connectivity index (χ0v) is 7.93. The molecular weight excluding hydrogens is 197 g/mol. The maximum Gasteiger partial charge on any atom is 0.213 e. The van der Waals surface area contributed by atoms with Crippen LogP contribution >= 0.6 is 0 Å². The van der Waals surface area contributed by atoms with Crippen molar-refractivity contribution in [2.75, 3.05) is 0 Å². The molecule has 2 aromatic heterocycles. The van der Waals surface area contributed by atoms with E-state index in [0.717, 1.165) is 0 Å². The molecule has 3 nitrogen and oxygen atoms in total. The molecule has 0 amide bonds. The van der Waals surface area contributed by atoms with Gasteiger partial charge in [-0.05, 0) is 24.3 Å². The van der Waals surface area contributed by atoms with Crippen LogP contribution in [0.3, 0.4) is 0 Å². The third-order valence-corrected chi connectivity index (χ3v) is 2.05. The van der Waals surface area contributed by atoms with Gasteiger partial charge < -0.3 is 9.52 Å². The van der Waals surface area contributed by atoms with Crippen LogP contribution in [-0.2, 0) is 6.42 Å². The molecule has 0 aromatic carbocycles. The number of nitrogens with zero attached hydrogens (tertiary/aromatic N) is 1. The van der Waals surface area contributed by atoms with Crippen LogP contribution in [0.5, 0.6) is 0 Å². The number of furan rings is 1. The summed E-state index contributed by atoms with van der Waals surface area (Å²) in [6, 6.07) is 7.85. The van der Waals surface area contributed by atoms with Crippen molar-refractivity contribution in [3.05, 3.63) is 54.0 Å². The minimum Gasteiger partial charge on any atom is -0.467 e. The molecule has 0 fully saturated rings. The summed E-state index contributed by atoms with van der Waals surface area (Å²) in [6.45, 7) is 0. The molecule has 15 heavy (non-hydrogen) atoms. The predicted molar refractivity (Wildman–Crippen MR) is 51.6 cm³/mol. The second-order valence-corrected chi connectivity index (χ2v) is 3.19. The van der Waals surface area contributed by atoms with E-state index in [1.165, 1.54) is 12.3 Å². The van der Waals surface area contributed by atoms with Crippen molar-refractivity contribution in [1.29, 1.82) is 0 Å². The lowest BCUT2D eigenvalue weighted by Crippen LogP contribution is -2.02. The van der Waals surface area contributed by atoms with Gasteiger partial charge in [0.2, 0.25) is 5.95 Å². The van der Waals surface area contributed by atoms with Crippen LogP contribution in [0.15, 0.2) is 41.0 Å². The molecule has 2 rings (SSSR count). The molecule has 0 aliphatic heterocycles. The molecule has 0 aliphatic rings. The Balaban J connectivity index is 2.09. The summed E-state index contributed by atoms with van der Waals surface area (Å²) >= 11 is 0. The lowest BCUT2D eigenvalue weighted by Gasteiger charge is -2.06. The van der Waals surface area contributed by atoms with Gasteiger partial charge in [-0.1, -0.05) is 6.07 Å². The summed E-state index contributed by atoms with van der Waals surface area (Å²) in [5.41, 5.74) is 0.499. The maximum absolute atomic E-state index is 12.7. The fourth-order valence-electron chi connectivity index (χ4n) is 1.34. The van der Waals surface area contributed by atoms with Crippen LogP contribution in [0.4, 0.5) is 4.39 Å². The fourth-order valence-corrected chi connectivity index (χ4v) is 1.34. The minimum absolute atomic E-state index is 0.241. The Hall–Kier alpha value is -1.68. The number of rotatable bonds is 3. The highest BCUT2D eigenvalue weighted by Crippen LogP contribution is 2.17. The van der Waals surface area contributed by atoms with Crippen LogP contribution in [0.2, 0.25) is 0 Å². The average molecular weight is 207 g/mol. The van der Waals surface area contributed by atoms with E-state index in [9.17, 15) is 9.50 Å². The van der Waals surface area contributed by atoms with E-state index in [1.807, 2.05) is 0 Å². The van der Waals surface area contributed by atoms with E-state index < -0.39 is 12.1 Å². The SMILES string of the molecule is OC(Cc1cccc(F)n1)c1ccco1. The van der Waals surface area contributed by atoms with Crippen LogP contribution in [0, 0.1) is 5.95 Å². The average Bonchev–Trinajstić information content (AvgIpc) is 2.70. The highest BCUT2D eigenvalue weighted by Gasteiger charge is 2.12. The van der Waals surface area contributed by atoms with Crippen molar-refractivity contribution in [1.82, 2.24) is 4.98 Å². The van der Waals surface area contributed by atoms with Gasteiger partial charge in [0.25, 0.3) is 0 Å². The van der Waals surface area contributed by atoms with Crippen molar-refractivity contribution >= 4 is 0 Å². The van der Waals surface area contributed by atoms with Crippen molar-refractivity contribution in [2.24, 2.45) is 0 Å². The number of hydrogen-bond donors (Lipinski definition) is 1. The number of aromatic nitrogens is 1. The minimum atomic E-state index is -0.783.